The van der Waals surface area contributed by atoms with Crippen molar-refractivity contribution in [1.82, 2.24) is 25.4 Å². The maximum Gasteiger partial charge on any atom is 0.252 e. The zero-order valence-corrected chi connectivity index (χ0v) is 19.3. The molecule has 0 radical (unpaired) electrons. The highest BCUT2D eigenvalue weighted by Crippen LogP contribution is 2.30. The second-order valence-electron chi connectivity index (χ2n) is 8.28. The number of aromatic nitrogens is 3. The molecule has 9 nitrogen and oxygen atoms in total. The third-order valence-electron chi connectivity index (χ3n) is 5.94. The second-order valence-corrected chi connectivity index (χ2v) is 8.28. The van der Waals surface area contributed by atoms with Crippen LogP contribution in [-0.4, -0.2) is 45.8 Å². The molecule has 3 atom stereocenters. The largest absolute Gasteiger partial charge is 0.486 e. The summed E-state index contributed by atoms with van der Waals surface area (Å²) in [5, 5.41) is 10.2. The average Bonchev–Trinajstić information content (AvgIpc) is 3.39. The number of carbonyl (C=O) groups is 2. The Morgan fingerprint density at radius 3 is 2.53 bits per heavy atom. The molecule has 2 aromatic carbocycles. The molecule has 9 heteroatoms. The van der Waals surface area contributed by atoms with Crippen molar-refractivity contribution in [2.24, 2.45) is 5.92 Å². The van der Waals surface area contributed by atoms with Gasteiger partial charge in [0.05, 0.1) is 12.6 Å². The number of carbonyl (C=O) groups excluding carboxylic acids is 2. The van der Waals surface area contributed by atoms with Crippen LogP contribution < -0.4 is 20.1 Å². The van der Waals surface area contributed by atoms with Crippen molar-refractivity contribution >= 4 is 11.8 Å². The van der Waals surface area contributed by atoms with Crippen LogP contribution in [0.1, 0.15) is 42.2 Å². The number of benzene rings is 2. The van der Waals surface area contributed by atoms with Gasteiger partial charge in [0, 0.05) is 5.56 Å². The monoisotopic (exact) mass is 463 g/mol. The highest BCUT2D eigenvalue weighted by Gasteiger charge is 2.29. The predicted octanol–water partition coefficient (Wildman–Crippen LogP) is 2.75. The Balaban J connectivity index is 1.51. The Labute approximate surface area is 198 Å². The van der Waals surface area contributed by atoms with E-state index in [1.807, 2.05) is 44.2 Å². The molecule has 34 heavy (non-hydrogen) atoms. The van der Waals surface area contributed by atoms with Gasteiger partial charge < -0.3 is 20.1 Å². The number of fused-ring (bicyclic) bond motifs is 1. The molecule has 1 aliphatic heterocycles. The first-order chi connectivity index (χ1) is 16.5. The molecular formula is C25H29N5O4. The van der Waals surface area contributed by atoms with E-state index in [0.717, 1.165) is 12.0 Å². The predicted molar refractivity (Wildman–Crippen MR) is 125 cm³/mol. The normalized spacial score (nSPS) is 15.1. The number of nitrogens with zero attached hydrogens (tertiary/aromatic N) is 3. The maximum absolute atomic E-state index is 13.4. The number of amides is 2. The van der Waals surface area contributed by atoms with Crippen LogP contribution in [0.2, 0.25) is 0 Å². The van der Waals surface area contributed by atoms with Crippen LogP contribution in [0.15, 0.2) is 61.2 Å². The summed E-state index contributed by atoms with van der Waals surface area (Å²) in [5.74, 6) is 0.460. The van der Waals surface area contributed by atoms with Crippen LogP contribution in [0.4, 0.5) is 0 Å². The molecular weight excluding hydrogens is 434 g/mol. The van der Waals surface area contributed by atoms with Crippen molar-refractivity contribution in [3.63, 3.8) is 0 Å². The van der Waals surface area contributed by atoms with E-state index in [1.54, 1.807) is 29.2 Å². The molecule has 0 saturated carbocycles. The van der Waals surface area contributed by atoms with Gasteiger partial charge in [-0.05, 0) is 29.7 Å². The molecule has 2 amide bonds. The summed E-state index contributed by atoms with van der Waals surface area (Å²) in [5.41, 5.74) is 1.35. The Morgan fingerprint density at radius 1 is 1.06 bits per heavy atom. The van der Waals surface area contributed by atoms with Gasteiger partial charge in [-0.3, -0.25) is 14.3 Å². The molecule has 4 rings (SSSR count). The summed E-state index contributed by atoms with van der Waals surface area (Å²) in [4.78, 5) is 30.5. The molecule has 3 aromatic rings. The van der Waals surface area contributed by atoms with Crippen molar-refractivity contribution in [3.8, 4) is 11.5 Å². The van der Waals surface area contributed by atoms with Gasteiger partial charge >= 0.3 is 0 Å². The van der Waals surface area contributed by atoms with Gasteiger partial charge in [0.25, 0.3) is 5.91 Å². The van der Waals surface area contributed by atoms with Crippen LogP contribution in [0.25, 0.3) is 0 Å². The van der Waals surface area contributed by atoms with Crippen LogP contribution in [0.3, 0.4) is 0 Å². The van der Waals surface area contributed by atoms with Gasteiger partial charge in [-0.1, -0.05) is 50.6 Å². The first-order valence-electron chi connectivity index (χ1n) is 11.4. The molecule has 1 aliphatic rings. The topological polar surface area (TPSA) is 107 Å². The van der Waals surface area contributed by atoms with Crippen molar-refractivity contribution in [2.45, 2.75) is 38.9 Å². The Morgan fingerprint density at radius 2 is 1.82 bits per heavy atom. The van der Waals surface area contributed by atoms with E-state index in [1.165, 1.54) is 6.33 Å². The SMILES string of the molecule is CCC(C)[C@H](NC(=O)c1ccc2c(c1)OCCO2)C(=O)N[C@@H](Cn1cncn1)c1ccccc1. The number of hydrogen-bond donors (Lipinski definition) is 2. The molecule has 0 fully saturated rings. The lowest BCUT2D eigenvalue weighted by atomic mass is 9.96. The molecule has 0 aliphatic carbocycles. The minimum Gasteiger partial charge on any atom is -0.486 e. The third kappa shape index (κ3) is 5.54. The van der Waals surface area contributed by atoms with E-state index in [-0.39, 0.29) is 23.8 Å². The Kier molecular flexibility index (Phi) is 7.41. The van der Waals surface area contributed by atoms with E-state index in [4.69, 9.17) is 9.47 Å². The fourth-order valence-corrected chi connectivity index (χ4v) is 3.81. The number of rotatable bonds is 9. The Bertz CT molecular complexity index is 1100. The molecule has 178 valence electrons. The van der Waals surface area contributed by atoms with E-state index in [0.29, 0.717) is 36.8 Å². The van der Waals surface area contributed by atoms with E-state index < -0.39 is 6.04 Å². The van der Waals surface area contributed by atoms with Gasteiger partial charge in [0.1, 0.15) is 31.9 Å². The lowest BCUT2D eigenvalue weighted by Crippen LogP contribution is -2.51. The molecule has 0 spiro atoms. The van der Waals surface area contributed by atoms with Crippen LogP contribution in [0.5, 0.6) is 11.5 Å². The zero-order valence-electron chi connectivity index (χ0n) is 19.3. The lowest BCUT2D eigenvalue weighted by molar-refractivity contribution is -0.125. The van der Waals surface area contributed by atoms with Gasteiger partial charge in [-0.15, -0.1) is 0 Å². The molecule has 2 heterocycles. The molecule has 0 saturated heterocycles. The van der Waals surface area contributed by atoms with Crippen LogP contribution in [-0.2, 0) is 11.3 Å². The van der Waals surface area contributed by atoms with Crippen molar-refractivity contribution in [3.05, 3.63) is 72.3 Å². The van der Waals surface area contributed by atoms with E-state index in [2.05, 4.69) is 20.7 Å². The molecule has 0 bridgehead atoms. The molecule has 1 unspecified atom stereocenters. The van der Waals surface area contributed by atoms with Crippen molar-refractivity contribution in [2.75, 3.05) is 13.2 Å². The van der Waals surface area contributed by atoms with Crippen molar-refractivity contribution < 1.29 is 19.1 Å². The molecule has 1 aromatic heterocycles. The summed E-state index contributed by atoms with van der Waals surface area (Å²) in [6.07, 6.45) is 3.79. The van der Waals surface area contributed by atoms with Gasteiger partial charge in [-0.25, -0.2) is 4.98 Å². The first kappa shape index (κ1) is 23.3. The van der Waals surface area contributed by atoms with Crippen LogP contribution >= 0.6 is 0 Å². The second kappa shape index (κ2) is 10.8. The quantitative estimate of drug-likeness (QED) is 0.505. The van der Waals surface area contributed by atoms with Gasteiger partial charge in [0.2, 0.25) is 5.91 Å². The number of hydrogen-bond acceptors (Lipinski definition) is 6. The fourth-order valence-electron chi connectivity index (χ4n) is 3.81. The smallest absolute Gasteiger partial charge is 0.252 e. The van der Waals surface area contributed by atoms with Gasteiger partial charge in [0.15, 0.2) is 11.5 Å². The van der Waals surface area contributed by atoms with E-state index >= 15 is 0 Å². The minimum absolute atomic E-state index is 0.0797. The maximum atomic E-state index is 13.4. The van der Waals surface area contributed by atoms with Gasteiger partial charge in [-0.2, -0.15) is 5.10 Å². The summed E-state index contributed by atoms with van der Waals surface area (Å²) < 4.78 is 12.8. The summed E-state index contributed by atoms with van der Waals surface area (Å²) in [6.45, 7) is 5.27. The zero-order chi connectivity index (χ0) is 23.9. The summed E-state index contributed by atoms with van der Waals surface area (Å²) >= 11 is 0. The number of ether oxygens (including phenoxy) is 2. The van der Waals surface area contributed by atoms with Crippen LogP contribution in [0, 0.1) is 5.92 Å². The first-order valence-corrected chi connectivity index (χ1v) is 11.4. The minimum atomic E-state index is -0.715. The molecule has 2 N–H and O–H groups in total. The van der Waals surface area contributed by atoms with E-state index in [9.17, 15) is 9.59 Å². The Hall–Kier alpha value is -3.88. The summed E-state index contributed by atoms with van der Waals surface area (Å²) in [6, 6.07) is 13.7. The number of nitrogens with one attached hydrogen (secondary N) is 2. The van der Waals surface area contributed by atoms with Crippen molar-refractivity contribution in [1.29, 1.82) is 0 Å². The average molecular weight is 464 g/mol. The highest BCUT2D eigenvalue weighted by atomic mass is 16.6. The summed E-state index contributed by atoms with van der Waals surface area (Å²) in [7, 11) is 0. The third-order valence-corrected chi connectivity index (χ3v) is 5.94. The fraction of sp³-hybridized carbons (Fsp3) is 0.360. The lowest BCUT2D eigenvalue weighted by Gasteiger charge is -2.27. The highest BCUT2D eigenvalue weighted by molar-refractivity contribution is 5.98. The standard InChI is InChI=1S/C25H29N5O4/c1-3-17(2)23(29-24(31)19-9-10-21-22(13-19)34-12-11-33-21)25(32)28-20(14-30-16-26-15-27-30)18-7-5-4-6-8-18/h4-10,13,15-17,20,23H,3,11-12,14H2,1-2H3,(H,28,32)(H,29,31)/t17?,20-,23-/m0/s1.